The van der Waals surface area contributed by atoms with Crippen LogP contribution in [0.5, 0.6) is 5.75 Å². The Morgan fingerprint density at radius 2 is 1.77 bits per heavy atom. The predicted molar refractivity (Wildman–Crippen MR) is 98.7 cm³/mol. The van der Waals surface area contributed by atoms with Crippen molar-refractivity contribution in [3.8, 4) is 5.75 Å². The van der Waals surface area contributed by atoms with Gasteiger partial charge in [-0.2, -0.15) is 10.1 Å². The van der Waals surface area contributed by atoms with Gasteiger partial charge in [-0.3, -0.25) is 0 Å². The number of rotatable bonds is 8. The van der Waals surface area contributed by atoms with Crippen molar-refractivity contribution in [3.05, 3.63) is 71.7 Å². The van der Waals surface area contributed by atoms with Crippen molar-refractivity contribution in [2.75, 3.05) is 24.3 Å². The summed E-state index contributed by atoms with van der Waals surface area (Å²) in [5.74, 6) is 1.55. The molecule has 26 heavy (non-hydrogen) atoms. The highest BCUT2D eigenvalue weighted by Gasteiger charge is 2.05. The molecule has 0 atom stereocenters. The molecule has 0 aliphatic rings. The lowest BCUT2D eigenvalue weighted by molar-refractivity contribution is 0.410. The van der Waals surface area contributed by atoms with E-state index in [4.69, 9.17) is 4.74 Å². The number of benzene rings is 2. The van der Waals surface area contributed by atoms with Crippen LogP contribution in [0.4, 0.5) is 16.2 Å². The average Bonchev–Trinajstić information content (AvgIpc) is 2.68. The molecule has 6 nitrogen and oxygen atoms in total. The van der Waals surface area contributed by atoms with Crippen molar-refractivity contribution in [2.24, 2.45) is 0 Å². The van der Waals surface area contributed by atoms with Crippen molar-refractivity contribution in [3.63, 3.8) is 0 Å². The molecule has 1 heterocycles. The molecular weight excluding hydrogens is 333 g/mol. The lowest BCUT2D eigenvalue weighted by atomic mass is 10.1. The van der Waals surface area contributed by atoms with Gasteiger partial charge in [-0.05, 0) is 24.1 Å². The summed E-state index contributed by atoms with van der Waals surface area (Å²) >= 11 is 0. The van der Waals surface area contributed by atoms with Gasteiger partial charge in [0.25, 0.3) is 0 Å². The zero-order valence-corrected chi connectivity index (χ0v) is 14.4. The summed E-state index contributed by atoms with van der Waals surface area (Å²) in [4.78, 5) is 4.34. The summed E-state index contributed by atoms with van der Waals surface area (Å²) in [7, 11) is 1.66. The first-order valence-corrected chi connectivity index (χ1v) is 8.29. The van der Waals surface area contributed by atoms with Gasteiger partial charge in [-0.15, -0.1) is 5.10 Å². The highest BCUT2D eigenvalue weighted by Crippen LogP contribution is 2.17. The Balaban J connectivity index is 1.55. The SMILES string of the molecule is COc1ccccc1CCNc1nncc(NCc2ccccc2F)n1. The van der Waals surface area contributed by atoms with Crippen LogP contribution < -0.4 is 15.4 Å². The van der Waals surface area contributed by atoms with Gasteiger partial charge in [0.15, 0.2) is 5.82 Å². The van der Waals surface area contributed by atoms with E-state index in [1.807, 2.05) is 24.3 Å². The first-order valence-electron chi connectivity index (χ1n) is 8.29. The Bertz CT molecular complexity index is 859. The van der Waals surface area contributed by atoms with E-state index in [2.05, 4.69) is 25.8 Å². The van der Waals surface area contributed by atoms with Gasteiger partial charge >= 0.3 is 0 Å². The summed E-state index contributed by atoms with van der Waals surface area (Å²) in [6.45, 7) is 0.963. The number of nitrogens with zero attached hydrogens (tertiary/aromatic N) is 3. The molecule has 0 aliphatic carbocycles. The van der Waals surface area contributed by atoms with E-state index < -0.39 is 0 Å². The Hall–Kier alpha value is -3.22. The number of ether oxygens (including phenoxy) is 1. The van der Waals surface area contributed by atoms with E-state index in [9.17, 15) is 4.39 Å². The summed E-state index contributed by atoms with van der Waals surface area (Å²) in [5, 5.41) is 14.1. The van der Waals surface area contributed by atoms with Gasteiger partial charge in [0.05, 0.1) is 13.3 Å². The highest BCUT2D eigenvalue weighted by atomic mass is 19.1. The topological polar surface area (TPSA) is 72.0 Å². The van der Waals surface area contributed by atoms with Crippen molar-refractivity contribution < 1.29 is 9.13 Å². The number of anilines is 2. The second kappa shape index (κ2) is 8.75. The molecule has 0 unspecified atom stereocenters. The van der Waals surface area contributed by atoms with Crippen LogP contribution in [0.15, 0.2) is 54.7 Å². The third-order valence-electron chi connectivity index (χ3n) is 3.85. The number of aromatic nitrogens is 3. The largest absolute Gasteiger partial charge is 0.496 e. The van der Waals surface area contributed by atoms with Crippen molar-refractivity contribution in [1.82, 2.24) is 15.2 Å². The van der Waals surface area contributed by atoms with E-state index in [-0.39, 0.29) is 5.82 Å². The van der Waals surface area contributed by atoms with E-state index in [1.54, 1.807) is 25.3 Å². The fraction of sp³-hybridized carbons (Fsp3) is 0.211. The summed E-state index contributed by atoms with van der Waals surface area (Å²) in [5.41, 5.74) is 1.67. The van der Waals surface area contributed by atoms with Gasteiger partial charge in [0.1, 0.15) is 11.6 Å². The Kier molecular flexibility index (Phi) is 5.92. The molecule has 0 saturated heterocycles. The predicted octanol–water partition coefficient (Wildman–Crippen LogP) is 3.29. The van der Waals surface area contributed by atoms with Crippen LogP contribution in [0.1, 0.15) is 11.1 Å². The highest BCUT2D eigenvalue weighted by molar-refractivity contribution is 5.39. The van der Waals surface area contributed by atoms with Gasteiger partial charge in [0.2, 0.25) is 5.95 Å². The second-order valence-corrected chi connectivity index (χ2v) is 5.60. The molecule has 7 heteroatoms. The van der Waals surface area contributed by atoms with Crippen LogP contribution in [0.3, 0.4) is 0 Å². The normalized spacial score (nSPS) is 10.4. The molecule has 0 amide bonds. The lowest BCUT2D eigenvalue weighted by Crippen LogP contribution is -2.11. The van der Waals surface area contributed by atoms with Crippen LogP contribution in [0.2, 0.25) is 0 Å². The van der Waals surface area contributed by atoms with E-state index in [1.165, 1.54) is 12.3 Å². The van der Waals surface area contributed by atoms with Crippen LogP contribution in [-0.4, -0.2) is 28.8 Å². The quantitative estimate of drug-likeness (QED) is 0.647. The number of hydrogen-bond donors (Lipinski definition) is 2. The Morgan fingerprint density at radius 1 is 1.00 bits per heavy atom. The minimum atomic E-state index is -0.253. The monoisotopic (exact) mass is 353 g/mol. The van der Waals surface area contributed by atoms with Gasteiger partial charge in [-0.1, -0.05) is 36.4 Å². The summed E-state index contributed by atoms with van der Waals surface area (Å²) < 4.78 is 19.0. The minimum absolute atomic E-state index is 0.253. The Morgan fingerprint density at radius 3 is 2.58 bits per heavy atom. The van der Waals surface area contributed by atoms with Crippen LogP contribution in [-0.2, 0) is 13.0 Å². The van der Waals surface area contributed by atoms with Crippen molar-refractivity contribution in [2.45, 2.75) is 13.0 Å². The third-order valence-corrected chi connectivity index (χ3v) is 3.85. The van der Waals surface area contributed by atoms with Crippen LogP contribution >= 0.6 is 0 Å². The molecule has 3 rings (SSSR count). The summed E-state index contributed by atoms with van der Waals surface area (Å²) in [6.07, 6.45) is 2.27. The molecule has 0 radical (unpaired) electrons. The van der Waals surface area contributed by atoms with Gasteiger partial charge < -0.3 is 15.4 Å². The molecular formula is C19H20FN5O. The number of hydrogen-bond acceptors (Lipinski definition) is 6. The number of methoxy groups -OCH3 is 1. The molecule has 0 fully saturated rings. The second-order valence-electron chi connectivity index (χ2n) is 5.60. The minimum Gasteiger partial charge on any atom is -0.496 e. The fourth-order valence-corrected chi connectivity index (χ4v) is 2.51. The maximum Gasteiger partial charge on any atom is 0.244 e. The van der Waals surface area contributed by atoms with Crippen molar-refractivity contribution in [1.29, 1.82) is 0 Å². The maximum atomic E-state index is 13.7. The standard InChI is InChI=1S/C19H20FN5O/c1-26-17-9-5-3-6-14(17)10-11-21-19-24-18(13-23-25-19)22-12-15-7-2-4-8-16(15)20/h2-9,13H,10-12H2,1H3,(H2,21,22,24,25). The van der Waals surface area contributed by atoms with Gasteiger partial charge in [0, 0.05) is 18.7 Å². The van der Waals surface area contributed by atoms with Crippen molar-refractivity contribution >= 4 is 11.8 Å². The first kappa shape index (κ1) is 17.6. The molecule has 0 aliphatic heterocycles. The third kappa shape index (κ3) is 4.66. The fourth-order valence-electron chi connectivity index (χ4n) is 2.51. The molecule has 0 bridgehead atoms. The molecule has 1 aromatic heterocycles. The molecule has 3 aromatic rings. The summed E-state index contributed by atoms with van der Waals surface area (Å²) in [6, 6.07) is 14.5. The average molecular weight is 353 g/mol. The molecule has 0 saturated carbocycles. The molecule has 2 N–H and O–H groups in total. The molecule has 0 spiro atoms. The van der Waals surface area contributed by atoms with Crippen LogP contribution in [0, 0.1) is 5.82 Å². The van der Waals surface area contributed by atoms with E-state index in [0.717, 1.165) is 17.7 Å². The smallest absolute Gasteiger partial charge is 0.244 e. The van der Waals surface area contributed by atoms with E-state index >= 15 is 0 Å². The maximum absolute atomic E-state index is 13.7. The first-order chi connectivity index (χ1) is 12.8. The molecule has 134 valence electrons. The van der Waals surface area contributed by atoms with E-state index in [0.29, 0.717) is 30.4 Å². The lowest BCUT2D eigenvalue weighted by Gasteiger charge is -2.10. The Labute approximate surface area is 151 Å². The zero-order valence-electron chi connectivity index (χ0n) is 14.4. The van der Waals surface area contributed by atoms with Crippen LogP contribution in [0.25, 0.3) is 0 Å². The van der Waals surface area contributed by atoms with Gasteiger partial charge in [-0.25, -0.2) is 4.39 Å². The number of para-hydroxylation sites is 1. The molecule has 2 aromatic carbocycles. The zero-order chi connectivity index (χ0) is 18.2. The number of halogens is 1. The number of nitrogens with one attached hydrogen (secondary N) is 2.